The second-order valence-corrected chi connectivity index (χ2v) is 9.55. The Morgan fingerprint density at radius 2 is 1.85 bits per heavy atom. The number of nitriles is 1. The number of anilines is 1. The highest BCUT2D eigenvalue weighted by Crippen LogP contribution is 2.29. The van der Waals surface area contributed by atoms with Crippen molar-refractivity contribution in [3.05, 3.63) is 99.6 Å². The molecule has 202 valence electrons. The number of carbonyl (C=O) groups is 2. The van der Waals surface area contributed by atoms with E-state index < -0.39 is 0 Å². The smallest absolute Gasteiger partial charge is 0.257 e. The summed E-state index contributed by atoms with van der Waals surface area (Å²) in [5, 5.41) is 24.6. The molecule has 4 rings (SSSR count). The standard InChI is InChI=1S/C29H26N6O4S/c1-3-38-25-14-20(10-13-24(25)39-18-23-7-5-4-6-22(23)16-30)17-31-33-26(36)15-27-34-35-29(40-27)32-28(37)21-11-8-19(2)9-12-21/h4-14,17H,3,15,18H2,1-2H3,(H,33,36)(H,32,35,37)/b31-17-. The molecule has 1 heterocycles. The van der Waals surface area contributed by atoms with E-state index in [1.165, 1.54) is 6.21 Å². The van der Waals surface area contributed by atoms with E-state index in [-0.39, 0.29) is 24.8 Å². The number of amides is 2. The molecule has 0 saturated carbocycles. The third-order valence-electron chi connectivity index (χ3n) is 5.50. The molecule has 4 aromatic rings. The Hall–Kier alpha value is -5.08. The van der Waals surface area contributed by atoms with E-state index in [0.717, 1.165) is 22.5 Å². The molecule has 0 aliphatic carbocycles. The van der Waals surface area contributed by atoms with E-state index in [1.54, 1.807) is 42.5 Å². The average molecular weight is 555 g/mol. The highest BCUT2D eigenvalue weighted by molar-refractivity contribution is 7.15. The number of hydrogen-bond acceptors (Lipinski definition) is 9. The van der Waals surface area contributed by atoms with Crippen LogP contribution >= 0.6 is 11.3 Å². The molecule has 2 N–H and O–H groups in total. The maximum absolute atomic E-state index is 12.3. The maximum atomic E-state index is 12.3. The normalized spacial score (nSPS) is 10.6. The molecular weight excluding hydrogens is 528 g/mol. The number of carbonyl (C=O) groups excluding carboxylic acids is 2. The molecule has 0 aliphatic rings. The van der Waals surface area contributed by atoms with Crippen LogP contribution in [0.3, 0.4) is 0 Å². The summed E-state index contributed by atoms with van der Waals surface area (Å²) in [6.07, 6.45) is 1.44. The minimum absolute atomic E-state index is 0.0451. The predicted octanol–water partition coefficient (Wildman–Crippen LogP) is 4.64. The SMILES string of the molecule is CCOc1cc(/C=N\NC(=O)Cc2nnc(NC(=O)c3ccc(C)cc3)s2)ccc1OCc1ccccc1C#N. The number of rotatable bonds is 11. The van der Waals surface area contributed by atoms with Gasteiger partial charge in [-0.25, -0.2) is 5.43 Å². The Morgan fingerprint density at radius 3 is 2.62 bits per heavy atom. The molecular formula is C29H26N6O4S. The van der Waals surface area contributed by atoms with E-state index in [4.69, 9.17) is 9.47 Å². The molecule has 11 heteroatoms. The van der Waals surface area contributed by atoms with Crippen LogP contribution in [0.15, 0.2) is 71.8 Å². The lowest BCUT2D eigenvalue weighted by molar-refractivity contribution is -0.120. The minimum Gasteiger partial charge on any atom is -0.490 e. The zero-order valence-electron chi connectivity index (χ0n) is 21.9. The van der Waals surface area contributed by atoms with E-state index in [0.29, 0.717) is 44.9 Å². The van der Waals surface area contributed by atoms with E-state index in [2.05, 4.69) is 32.1 Å². The van der Waals surface area contributed by atoms with Crippen molar-refractivity contribution < 1.29 is 19.1 Å². The van der Waals surface area contributed by atoms with Crippen LogP contribution in [0.1, 0.15) is 44.5 Å². The molecule has 2 amide bonds. The molecule has 1 aromatic heterocycles. The maximum Gasteiger partial charge on any atom is 0.257 e. The van der Waals surface area contributed by atoms with Crippen molar-refractivity contribution in [2.75, 3.05) is 11.9 Å². The zero-order valence-corrected chi connectivity index (χ0v) is 22.7. The molecule has 10 nitrogen and oxygen atoms in total. The van der Waals surface area contributed by atoms with Crippen LogP contribution in [-0.4, -0.2) is 34.8 Å². The number of aryl methyl sites for hydroxylation is 1. The summed E-state index contributed by atoms with van der Waals surface area (Å²) in [5.74, 6) is 0.357. The van der Waals surface area contributed by atoms with Gasteiger partial charge in [0.25, 0.3) is 5.91 Å². The fourth-order valence-electron chi connectivity index (χ4n) is 3.51. The lowest BCUT2D eigenvalue weighted by Crippen LogP contribution is -2.19. The number of hydrazone groups is 1. The predicted molar refractivity (Wildman–Crippen MR) is 152 cm³/mol. The van der Waals surface area contributed by atoms with Crippen molar-refractivity contribution in [3.8, 4) is 17.6 Å². The minimum atomic E-state index is -0.384. The van der Waals surface area contributed by atoms with Gasteiger partial charge in [0.2, 0.25) is 11.0 Å². The second-order valence-electron chi connectivity index (χ2n) is 8.49. The molecule has 0 atom stereocenters. The summed E-state index contributed by atoms with van der Waals surface area (Å²) in [7, 11) is 0. The Bertz CT molecular complexity index is 1560. The van der Waals surface area contributed by atoms with Crippen LogP contribution in [0.2, 0.25) is 0 Å². The summed E-state index contributed by atoms with van der Waals surface area (Å²) >= 11 is 1.12. The molecule has 0 saturated heterocycles. The third-order valence-corrected chi connectivity index (χ3v) is 6.34. The summed E-state index contributed by atoms with van der Waals surface area (Å²) in [6.45, 7) is 4.45. The Morgan fingerprint density at radius 1 is 1.05 bits per heavy atom. The molecule has 0 unspecified atom stereocenters. The van der Waals surface area contributed by atoms with Crippen LogP contribution in [-0.2, 0) is 17.8 Å². The Kier molecular flexibility index (Phi) is 9.53. The molecule has 0 spiro atoms. The highest BCUT2D eigenvalue weighted by Gasteiger charge is 2.13. The molecule has 40 heavy (non-hydrogen) atoms. The molecule has 0 bridgehead atoms. The van der Waals surface area contributed by atoms with Gasteiger partial charge >= 0.3 is 0 Å². The summed E-state index contributed by atoms with van der Waals surface area (Å²) in [6, 6.07) is 21.8. The van der Waals surface area contributed by atoms with Gasteiger partial charge in [0.1, 0.15) is 11.6 Å². The van der Waals surface area contributed by atoms with Crippen molar-refractivity contribution in [2.24, 2.45) is 5.10 Å². The molecule has 0 fully saturated rings. The van der Waals surface area contributed by atoms with Gasteiger partial charge in [0, 0.05) is 11.1 Å². The van der Waals surface area contributed by atoms with Crippen LogP contribution in [0.25, 0.3) is 0 Å². The second kappa shape index (κ2) is 13.6. The first-order valence-electron chi connectivity index (χ1n) is 12.3. The monoisotopic (exact) mass is 554 g/mol. The number of ether oxygens (including phenoxy) is 2. The van der Waals surface area contributed by atoms with Gasteiger partial charge in [0.15, 0.2) is 11.5 Å². The van der Waals surface area contributed by atoms with Crippen LogP contribution < -0.4 is 20.2 Å². The number of nitrogens with zero attached hydrogens (tertiary/aromatic N) is 4. The summed E-state index contributed by atoms with van der Waals surface area (Å²) in [4.78, 5) is 24.7. The number of hydrogen-bond donors (Lipinski definition) is 2. The van der Waals surface area contributed by atoms with Gasteiger partial charge < -0.3 is 9.47 Å². The van der Waals surface area contributed by atoms with Gasteiger partial charge in [-0.2, -0.15) is 10.4 Å². The van der Waals surface area contributed by atoms with E-state index >= 15 is 0 Å². The van der Waals surface area contributed by atoms with Gasteiger partial charge in [-0.05, 0) is 55.8 Å². The first-order valence-corrected chi connectivity index (χ1v) is 13.2. The van der Waals surface area contributed by atoms with Gasteiger partial charge in [-0.3, -0.25) is 14.9 Å². The molecule has 0 radical (unpaired) electrons. The number of aromatic nitrogens is 2. The lowest BCUT2D eigenvalue weighted by atomic mass is 10.1. The fourth-order valence-corrected chi connectivity index (χ4v) is 4.24. The first kappa shape index (κ1) is 27.9. The molecule has 0 aliphatic heterocycles. The quantitative estimate of drug-likeness (QED) is 0.203. The van der Waals surface area contributed by atoms with Crippen molar-refractivity contribution in [1.29, 1.82) is 5.26 Å². The summed E-state index contributed by atoms with van der Waals surface area (Å²) < 4.78 is 11.6. The topological polar surface area (TPSA) is 139 Å². The largest absolute Gasteiger partial charge is 0.490 e. The Labute approximate surface area is 235 Å². The number of benzene rings is 3. The van der Waals surface area contributed by atoms with Crippen LogP contribution in [0.4, 0.5) is 5.13 Å². The zero-order chi connectivity index (χ0) is 28.3. The van der Waals surface area contributed by atoms with Crippen molar-refractivity contribution in [1.82, 2.24) is 15.6 Å². The van der Waals surface area contributed by atoms with Crippen molar-refractivity contribution in [3.63, 3.8) is 0 Å². The third kappa shape index (κ3) is 7.72. The van der Waals surface area contributed by atoms with E-state index in [9.17, 15) is 14.9 Å². The van der Waals surface area contributed by atoms with E-state index in [1.807, 2.05) is 38.1 Å². The van der Waals surface area contributed by atoms with Gasteiger partial charge in [0.05, 0.1) is 30.9 Å². The highest BCUT2D eigenvalue weighted by atomic mass is 32.1. The fraction of sp³-hybridized carbons (Fsp3) is 0.172. The number of nitrogens with one attached hydrogen (secondary N) is 2. The molecule has 3 aromatic carbocycles. The lowest BCUT2D eigenvalue weighted by Gasteiger charge is -2.13. The van der Waals surface area contributed by atoms with Crippen LogP contribution in [0, 0.1) is 18.3 Å². The summed E-state index contributed by atoms with van der Waals surface area (Å²) in [5.41, 5.74) is 6.04. The van der Waals surface area contributed by atoms with Crippen molar-refractivity contribution >= 4 is 34.5 Å². The Balaban J connectivity index is 1.30. The van der Waals surface area contributed by atoms with Gasteiger partial charge in [-0.1, -0.05) is 47.2 Å². The average Bonchev–Trinajstić information content (AvgIpc) is 3.39. The van der Waals surface area contributed by atoms with Crippen LogP contribution in [0.5, 0.6) is 11.5 Å². The first-order chi connectivity index (χ1) is 19.4. The van der Waals surface area contributed by atoms with Crippen molar-refractivity contribution in [2.45, 2.75) is 26.9 Å². The van der Waals surface area contributed by atoms with Gasteiger partial charge in [-0.15, -0.1) is 10.2 Å².